The van der Waals surface area contributed by atoms with E-state index >= 15 is 0 Å². The van der Waals surface area contributed by atoms with E-state index in [1.807, 2.05) is 39.8 Å². The summed E-state index contributed by atoms with van der Waals surface area (Å²) in [4.78, 5) is 27.6. The van der Waals surface area contributed by atoms with Gasteiger partial charge in [0.15, 0.2) is 0 Å². The highest BCUT2D eigenvalue weighted by Crippen LogP contribution is 2.40. The van der Waals surface area contributed by atoms with Crippen LogP contribution in [0.25, 0.3) is 11.1 Å². The number of pyridine rings is 1. The van der Waals surface area contributed by atoms with Crippen molar-refractivity contribution in [3.63, 3.8) is 0 Å². The molecule has 0 N–H and O–H groups in total. The molecule has 1 fully saturated rings. The Morgan fingerprint density at radius 2 is 1.71 bits per heavy atom. The molecule has 2 bridgehead atoms. The van der Waals surface area contributed by atoms with Crippen molar-refractivity contribution in [1.29, 1.82) is 0 Å². The number of hydrogen-bond donors (Lipinski definition) is 0. The average Bonchev–Trinajstić information content (AvgIpc) is 2.80. The van der Waals surface area contributed by atoms with Crippen LogP contribution >= 0.6 is 0 Å². The van der Waals surface area contributed by atoms with Gasteiger partial charge in [-0.15, -0.1) is 0 Å². The monoisotopic (exact) mass is 418 g/mol. The van der Waals surface area contributed by atoms with E-state index in [2.05, 4.69) is 0 Å². The minimum Gasteiger partial charge on any atom is -0.497 e. The molecule has 1 aromatic heterocycles. The van der Waals surface area contributed by atoms with Crippen LogP contribution in [0.2, 0.25) is 0 Å². The Labute approximate surface area is 179 Å². The zero-order chi connectivity index (χ0) is 21.5. The highest BCUT2D eigenvalue weighted by Gasteiger charge is 2.38. The molecule has 1 saturated heterocycles. The Bertz CT molecular complexity index is 1180. The van der Waals surface area contributed by atoms with E-state index in [0.29, 0.717) is 25.2 Å². The molecule has 0 saturated carbocycles. The SMILES string of the molecule is COc1ccc(-c2ccc(=O)n3c2[C@H]2C[C@@H](CN(C(=O)c4ccc(F)cc4)C2)C3)cc1. The minimum atomic E-state index is -0.357. The minimum absolute atomic E-state index is 0.000253. The first-order chi connectivity index (χ1) is 15.0. The van der Waals surface area contributed by atoms with Crippen molar-refractivity contribution < 1.29 is 13.9 Å². The standard InChI is InChI=1S/C25H23FN2O3/c1-31-21-8-4-17(5-9-21)22-10-11-23(29)28-14-16-12-19(24(22)28)15-27(13-16)25(30)18-2-6-20(26)7-3-18/h2-11,16,19H,12-15H2,1H3/t16-,19-/m0/s1. The fraction of sp³-hybridized carbons (Fsp3) is 0.280. The highest BCUT2D eigenvalue weighted by atomic mass is 19.1. The molecular weight excluding hydrogens is 395 g/mol. The predicted octanol–water partition coefficient (Wildman–Crippen LogP) is 3.92. The number of halogens is 1. The molecule has 31 heavy (non-hydrogen) atoms. The van der Waals surface area contributed by atoms with Gasteiger partial charge in [0.2, 0.25) is 0 Å². The second-order valence-corrected chi connectivity index (χ2v) is 8.33. The third-order valence-corrected chi connectivity index (χ3v) is 6.37. The molecule has 2 aromatic carbocycles. The summed E-state index contributed by atoms with van der Waals surface area (Å²) in [5.74, 6) is 0.624. The summed E-state index contributed by atoms with van der Waals surface area (Å²) in [5.41, 5.74) is 3.51. The summed E-state index contributed by atoms with van der Waals surface area (Å²) in [5, 5.41) is 0. The fourth-order valence-corrected chi connectivity index (χ4v) is 4.97. The van der Waals surface area contributed by atoms with Gasteiger partial charge in [0.1, 0.15) is 11.6 Å². The van der Waals surface area contributed by atoms with Crippen molar-refractivity contribution in [3.8, 4) is 16.9 Å². The summed E-state index contributed by atoms with van der Waals surface area (Å²) in [6.45, 7) is 1.74. The summed E-state index contributed by atoms with van der Waals surface area (Å²) >= 11 is 0. The molecule has 5 nitrogen and oxygen atoms in total. The van der Waals surface area contributed by atoms with E-state index in [4.69, 9.17) is 4.74 Å². The van der Waals surface area contributed by atoms with E-state index < -0.39 is 0 Å². The van der Waals surface area contributed by atoms with Crippen LogP contribution in [0.3, 0.4) is 0 Å². The molecule has 0 radical (unpaired) electrons. The van der Waals surface area contributed by atoms with Crippen LogP contribution in [0, 0.1) is 11.7 Å². The first-order valence-corrected chi connectivity index (χ1v) is 10.5. The molecule has 0 spiro atoms. The number of aromatic nitrogens is 1. The molecule has 2 aliphatic rings. The Hall–Kier alpha value is -3.41. The van der Waals surface area contributed by atoms with E-state index in [1.54, 1.807) is 13.2 Å². The first kappa shape index (κ1) is 19.5. The Balaban J connectivity index is 1.51. The number of likely N-dealkylation sites (tertiary alicyclic amines) is 1. The van der Waals surface area contributed by atoms with E-state index in [1.165, 1.54) is 24.3 Å². The summed E-state index contributed by atoms with van der Waals surface area (Å²) < 4.78 is 20.4. The number of amides is 1. The van der Waals surface area contributed by atoms with Gasteiger partial charge in [0, 0.05) is 48.4 Å². The van der Waals surface area contributed by atoms with Crippen molar-refractivity contribution in [2.45, 2.75) is 18.9 Å². The van der Waals surface area contributed by atoms with Crippen molar-refractivity contribution in [2.24, 2.45) is 5.92 Å². The summed E-state index contributed by atoms with van der Waals surface area (Å²) in [6, 6.07) is 17.0. The van der Waals surface area contributed by atoms with E-state index in [9.17, 15) is 14.0 Å². The lowest BCUT2D eigenvalue weighted by Gasteiger charge is -2.43. The number of carbonyl (C=O) groups excluding carboxylic acids is 1. The molecule has 2 atom stereocenters. The Kier molecular flexibility index (Phi) is 4.85. The first-order valence-electron chi connectivity index (χ1n) is 10.5. The third kappa shape index (κ3) is 3.52. The number of carbonyl (C=O) groups is 1. The molecule has 5 rings (SSSR count). The number of ether oxygens (including phenoxy) is 1. The fourth-order valence-electron chi connectivity index (χ4n) is 4.97. The van der Waals surface area contributed by atoms with Crippen LogP contribution in [-0.4, -0.2) is 35.6 Å². The smallest absolute Gasteiger partial charge is 0.253 e. The van der Waals surface area contributed by atoms with Crippen LogP contribution in [0.5, 0.6) is 5.75 Å². The number of benzene rings is 2. The predicted molar refractivity (Wildman–Crippen MR) is 116 cm³/mol. The third-order valence-electron chi connectivity index (χ3n) is 6.37. The second kappa shape index (κ2) is 7.69. The number of nitrogens with zero attached hydrogens (tertiary/aromatic N) is 2. The highest BCUT2D eigenvalue weighted by molar-refractivity contribution is 5.94. The maximum atomic E-state index is 13.3. The van der Waals surface area contributed by atoms with Gasteiger partial charge in [0.05, 0.1) is 7.11 Å². The maximum absolute atomic E-state index is 13.3. The molecule has 1 amide bonds. The summed E-state index contributed by atoms with van der Waals surface area (Å²) in [7, 11) is 1.63. The number of piperidine rings is 1. The topological polar surface area (TPSA) is 51.5 Å². The van der Waals surface area contributed by atoms with Gasteiger partial charge in [-0.05, 0) is 60.4 Å². The normalized spacial score (nSPS) is 19.6. The molecule has 6 heteroatoms. The van der Waals surface area contributed by atoms with Gasteiger partial charge in [-0.1, -0.05) is 12.1 Å². The lowest BCUT2D eigenvalue weighted by atomic mass is 9.80. The lowest BCUT2D eigenvalue weighted by Crippen LogP contribution is -2.49. The Morgan fingerprint density at radius 3 is 2.42 bits per heavy atom. The van der Waals surface area contributed by atoms with Crippen LogP contribution in [-0.2, 0) is 6.54 Å². The molecule has 158 valence electrons. The molecule has 3 aromatic rings. The van der Waals surface area contributed by atoms with Crippen LogP contribution < -0.4 is 10.3 Å². The van der Waals surface area contributed by atoms with Gasteiger partial charge in [-0.25, -0.2) is 4.39 Å². The maximum Gasteiger partial charge on any atom is 0.253 e. The molecule has 0 aliphatic carbocycles. The number of fused-ring (bicyclic) bond motifs is 4. The second-order valence-electron chi connectivity index (χ2n) is 8.33. The zero-order valence-corrected chi connectivity index (χ0v) is 17.3. The molecule has 2 aliphatic heterocycles. The lowest BCUT2D eigenvalue weighted by molar-refractivity contribution is 0.0595. The molecule has 3 heterocycles. The van der Waals surface area contributed by atoms with E-state index in [0.717, 1.165) is 29.0 Å². The zero-order valence-electron chi connectivity index (χ0n) is 17.3. The van der Waals surface area contributed by atoms with Gasteiger partial charge < -0.3 is 14.2 Å². The van der Waals surface area contributed by atoms with E-state index in [-0.39, 0.29) is 29.1 Å². The largest absolute Gasteiger partial charge is 0.497 e. The van der Waals surface area contributed by atoms with Crippen LogP contribution in [0.1, 0.15) is 28.4 Å². The van der Waals surface area contributed by atoms with Crippen molar-refractivity contribution >= 4 is 5.91 Å². The van der Waals surface area contributed by atoms with Gasteiger partial charge in [-0.3, -0.25) is 9.59 Å². The van der Waals surface area contributed by atoms with Crippen molar-refractivity contribution in [3.05, 3.63) is 88.1 Å². The summed E-state index contributed by atoms with van der Waals surface area (Å²) in [6.07, 6.45) is 0.944. The molecular formula is C25H23FN2O3. The molecule has 0 unspecified atom stereocenters. The van der Waals surface area contributed by atoms with Gasteiger partial charge in [-0.2, -0.15) is 0 Å². The van der Waals surface area contributed by atoms with Gasteiger partial charge >= 0.3 is 0 Å². The van der Waals surface area contributed by atoms with Crippen molar-refractivity contribution in [1.82, 2.24) is 9.47 Å². The van der Waals surface area contributed by atoms with Crippen molar-refractivity contribution in [2.75, 3.05) is 20.2 Å². The quantitative estimate of drug-likeness (QED) is 0.648. The van der Waals surface area contributed by atoms with Crippen LogP contribution in [0.15, 0.2) is 65.5 Å². The number of methoxy groups -OCH3 is 1. The Morgan fingerprint density at radius 1 is 0.968 bits per heavy atom. The van der Waals surface area contributed by atoms with Gasteiger partial charge in [0.25, 0.3) is 11.5 Å². The number of rotatable bonds is 3. The van der Waals surface area contributed by atoms with Crippen LogP contribution in [0.4, 0.5) is 4.39 Å². The average molecular weight is 418 g/mol. The number of hydrogen-bond acceptors (Lipinski definition) is 3.